The third kappa shape index (κ3) is 7.31. The van der Waals surface area contributed by atoms with Crippen molar-refractivity contribution in [2.45, 2.75) is 31.5 Å². The van der Waals surface area contributed by atoms with Crippen molar-refractivity contribution in [1.29, 1.82) is 5.26 Å². The minimum absolute atomic E-state index is 0.00898. The number of halogens is 3. The van der Waals surface area contributed by atoms with Crippen LogP contribution in [-0.2, 0) is 17.5 Å². The first-order valence-corrected chi connectivity index (χ1v) is 12.9. The summed E-state index contributed by atoms with van der Waals surface area (Å²) in [5.74, 6) is -2.48. The van der Waals surface area contributed by atoms with Gasteiger partial charge in [0, 0.05) is 18.7 Å². The SMILES string of the molecule is N#Cc1ccccc1C(=O)N1CCC(c2ccc(C(=O)N/C(N)=N\C(=O)OCc3ccccc3)cc2C(F)(F)F)CC1. The second-order valence-corrected chi connectivity index (χ2v) is 9.51. The van der Waals surface area contributed by atoms with E-state index in [9.17, 15) is 32.8 Å². The lowest BCUT2D eigenvalue weighted by molar-refractivity contribution is -0.138. The first-order valence-electron chi connectivity index (χ1n) is 12.9. The van der Waals surface area contributed by atoms with Gasteiger partial charge in [-0.1, -0.05) is 48.5 Å². The van der Waals surface area contributed by atoms with E-state index in [1.165, 1.54) is 23.1 Å². The van der Waals surface area contributed by atoms with E-state index in [-0.39, 0.29) is 60.7 Å². The molecule has 0 spiro atoms. The third-order valence-electron chi connectivity index (χ3n) is 6.78. The number of aliphatic imine (C=N–C) groups is 1. The van der Waals surface area contributed by atoms with Crippen LogP contribution in [0.3, 0.4) is 0 Å². The first kappa shape index (κ1) is 29.8. The predicted octanol–water partition coefficient (Wildman–Crippen LogP) is 4.98. The number of nitrogens with one attached hydrogen (secondary N) is 1. The molecule has 0 aromatic heterocycles. The van der Waals surface area contributed by atoms with E-state index >= 15 is 0 Å². The molecule has 216 valence electrons. The number of nitriles is 1. The van der Waals surface area contributed by atoms with E-state index in [0.29, 0.717) is 5.56 Å². The van der Waals surface area contributed by atoms with Crippen molar-refractivity contribution in [2.24, 2.45) is 10.7 Å². The first-order chi connectivity index (χ1) is 20.1. The number of likely N-dealkylation sites (tertiary alicyclic amines) is 1. The van der Waals surface area contributed by atoms with Crippen molar-refractivity contribution in [2.75, 3.05) is 13.1 Å². The molecular formula is C30H26F3N5O4. The van der Waals surface area contributed by atoms with Gasteiger partial charge in [0.2, 0.25) is 5.96 Å². The maximum absolute atomic E-state index is 14.1. The molecule has 12 heteroatoms. The Morgan fingerprint density at radius 1 is 1.02 bits per heavy atom. The summed E-state index contributed by atoms with van der Waals surface area (Å²) >= 11 is 0. The molecule has 9 nitrogen and oxygen atoms in total. The fraction of sp³-hybridized carbons (Fsp3) is 0.233. The molecule has 3 N–H and O–H groups in total. The molecule has 1 aliphatic rings. The molecule has 1 heterocycles. The van der Waals surface area contributed by atoms with E-state index in [1.54, 1.807) is 48.5 Å². The second kappa shape index (κ2) is 13.0. The highest BCUT2D eigenvalue weighted by Gasteiger charge is 2.37. The molecule has 0 aliphatic carbocycles. The second-order valence-electron chi connectivity index (χ2n) is 9.51. The molecule has 0 saturated carbocycles. The fourth-order valence-corrected chi connectivity index (χ4v) is 4.70. The molecule has 3 aromatic carbocycles. The summed E-state index contributed by atoms with van der Waals surface area (Å²) in [6.45, 7) is 0.327. The maximum Gasteiger partial charge on any atom is 0.437 e. The van der Waals surface area contributed by atoms with Gasteiger partial charge in [0.05, 0.1) is 22.8 Å². The predicted molar refractivity (Wildman–Crippen MR) is 146 cm³/mol. The number of hydrogen-bond donors (Lipinski definition) is 2. The van der Waals surface area contributed by atoms with Crippen molar-refractivity contribution >= 4 is 23.9 Å². The van der Waals surface area contributed by atoms with Crippen LogP contribution >= 0.6 is 0 Å². The monoisotopic (exact) mass is 577 g/mol. The van der Waals surface area contributed by atoms with Crippen LogP contribution in [0.1, 0.15) is 61.7 Å². The summed E-state index contributed by atoms with van der Waals surface area (Å²) in [6.07, 6.45) is -5.31. The van der Waals surface area contributed by atoms with Crippen molar-refractivity contribution < 1.29 is 32.3 Å². The summed E-state index contributed by atoms with van der Waals surface area (Å²) in [6, 6.07) is 20.3. The van der Waals surface area contributed by atoms with E-state index in [2.05, 4.69) is 10.3 Å². The number of ether oxygens (including phenoxy) is 1. The van der Waals surface area contributed by atoms with Gasteiger partial charge in [-0.15, -0.1) is 4.99 Å². The minimum Gasteiger partial charge on any atom is -0.443 e. The molecule has 3 aromatic rings. The summed E-state index contributed by atoms with van der Waals surface area (Å²) in [4.78, 5) is 42.4. The number of benzene rings is 3. The van der Waals surface area contributed by atoms with Crippen molar-refractivity contribution in [3.8, 4) is 6.07 Å². The van der Waals surface area contributed by atoms with Crippen molar-refractivity contribution in [3.05, 3.63) is 106 Å². The molecule has 0 bridgehead atoms. The lowest BCUT2D eigenvalue weighted by atomic mass is 9.85. The van der Waals surface area contributed by atoms with Crippen LogP contribution in [0, 0.1) is 11.3 Å². The summed E-state index contributed by atoms with van der Waals surface area (Å²) in [5.41, 5.74) is 5.47. The maximum atomic E-state index is 14.1. The van der Waals surface area contributed by atoms with Crippen molar-refractivity contribution in [1.82, 2.24) is 10.2 Å². The van der Waals surface area contributed by atoms with Crippen LogP contribution in [0.15, 0.2) is 77.8 Å². The Kier molecular flexibility index (Phi) is 9.22. The van der Waals surface area contributed by atoms with Crippen LogP contribution in [-0.4, -0.2) is 41.9 Å². The van der Waals surface area contributed by atoms with Crippen LogP contribution in [0.25, 0.3) is 0 Å². The van der Waals surface area contributed by atoms with Gasteiger partial charge in [0.25, 0.3) is 11.8 Å². The standard InChI is InChI=1S/C30H26F3N5O4/c31-30(32,33)25-16-21(26(39)36-28(35)37-29(41)42-18-19-6-2-1-3-7-19)10-11-23(25)20-12-14-38(15-13-20)27(40)24-9-5-4-8-22(24)17-34/h1-11,16,20H,12-15,18H2,(H3,35,36,37,39,41). The van der Waals surface area contributed by atoms with Crippen LogP contribution in [0.5, 0.6) is 0 Å². The molecule has 1 fully saturated rings. The number of piperidine rings is 1. The van der Waals surface area contributed by atoms with Gasteiger partial charge in [0.15, 0.2) is 0 Å². The number of carbonyl (C=O) groups excluding carboxylic acids is 3. The lowest BCUT2D eigenvalue weighted by Gasteiger charge is -2.33. The van der Waals surface area contributed by atoms with Gasteiger partial charge in [0.1, 0.15) is 6.61 Å². The van der Waals surface area contributed by atoms with Crippen molar-refractivity contribution in [3.63, 3.8) is 0 Å². The van der Waals surface area contributed by atoms with E-state index in [0.717, 1.165) is 6.07 Å². The van der Waals surface area contributed by atoms with Crippen LogP contribution < -0.4 is 11.1 Å². The Balaban J connectivity index is 1.42. The summed E-state index contributed by atoms with van der Waals surface area (Å²) in [5, 5.41) is 11.4. The van der Waals surface area contributed by atoms with Gasteiger partial charge < -0.3 is 15.4 Å². The highest BCUT2D eigenvalue weighted by atomic mass is 19.4. The smallest absolute Gasteiger partial charge is 0.437 e. The Morgan fingerprint density at radius 2 is 1.69 bits per heavy atom. The average molecular weight is 578 g/mol. The van der Waals surface area contributed by atoms with Gasteiger partial charge in [-0.2, -0.15) is 18.4 Å². The Labute approximate surface area is 239 Å². The Morgan fingerprint density at radius 3 is 2.36 bits per heavy atom. The molecule has 0 radical (unpaired) electrons. The van der Waals surface area contributed by atoms with Gasteiger partial charge >= 0.3 is 12.3 Å². The molecule has 4 rings (SSSR count). The number of hydrogen-bond acceptors (Lipinski definition) is 5. The number of alkyl halides is 3. The number of amides is 3. The Hall–Kier alpha value is -5.18. The normalized spacial score (nSPS) is 14.1. The molecule has 1 saturated heterocycles. The zero-order chi connectivity index (χ0) is 30.3. The quantitative estimate of drug-likeness (QED) is 0.324. The Bertz CT molecular complexity index is 1540. The molecular weight excluding hydrogens is 551 g/mol. The van der Waals surface area contributed by atoms with E-state index in [4.69, 9.17) is 10.5 Å². The zero-order valence-corrected chi connectivity index (χ0v) is 22.2. The zero-order valence-electron chi connectivity index (χ0n) is 22.2. The van der Waals surface area contributed by atoms with E-state index in [1.807, 2.05) is 6.07 Å². The molecule has 3 amide bonds. The van der Waals surface area contributed by atoms with Crippen LogP contribution in [0.4, 0.5) is 18.0 Å². The topological polar surface area (TPSA) is 138 Å². The fourth-order valence-electron chi connectivity index (χ4n) is 4.70. The van der Waals surface area contributed by atoms with Crippen LogP contribution in [0.2, 0.25) is 0 Å². The lowest BCUT2D eigenvalue weighted by Crippen LogP contribution is -2.39. The highest BCUT2D eigenvalue weighted by molar-refractivity contribution is 6.07. The third-order valence-corrected chi connectivity index (χ3v) is 6.78. The largest absolute Gasteiger partial charge is 0.443 e. The van der Waals surface area contributed by atoms with Gasteiger partial charge in [-0.05, 0) is 54.2 Å². The minimum atomic E-state index is -4.76. The molecule has 1 aliphatic heterocycles. The average Bonchev–Trinajstić information content (AvgIpc) is 2.99. The molecule has 0 atom stereocenters. The number of rotatable bonds is 5. The van der Waals surface area contributed by atoms with Gasteiger partial charge in [-0.25, -0.2) is 4.79 Å². The number of nitrogens with zero attached hydrogens (tertiary/aromatic N) is 3. The van der Waals surface area contributed by atoms with E-state index < -0.39 is 35.6 Å². The van der Waals surface area contributed by atoms with Gasteiger partial charge in [-0.3, -0.25) is 14.9 Å². The summed E-state index contributed by atoms with van der Waals surface area (Å²) in [7, 11) is 0. The summed E-state index contributed by atoms with van der Waals surface area (Å²) < 4.78 is 47.2. The molecule has 42 heavy (non-hydrogen) atoms. The molecule has 0 unspecified atom stereocenters. The highest BCUT2D eigenvalue weighted by Crippen LogP contribution is 2.39. The number of nitrogens with two attached hydrogens (primary N) is 1. The number of guanidine groups is 1. The number of carbonyl (C=O) groups is 3.